The van der Waals surface area contributed by atoms with Gasteiger partial charge in [-0.05, 0) is 41.7 Å². The van der Waals surface area contributed by atoms with E-state index in [1.54, 1.807) is 37.6 Å². The molecule has 1 aromatic heterocycles. The van der Waals surface area contributed by atoms with Crippen molar-refractivity contribution in [3.05, 3.63) is 95.8 Å². The van der Waals surface area contributed by atoms with E-state index in [1.165, 1.54) is 4.90 Å². The molecule has 8 amide bonds. The molecular weight excluding hydrogens is 802 g/mol. The lowest BCUT2D eigenvalue weighted by molar-refractivity contribution is -0.141. The maximum absolute atomic E-state index is 15.2. The minimum Gasteiger partial charge on any atom is -0.465 e. The minimum absolute atomic E-state index is 0.0492. The summed E-state index contributed by atoms with van der Waals surface area (Å²) < 4.78 is 31.4. The SMILES string of the molecule is CC(C)(C)C(c1cc(-c2cc(F)ccc2F)cn1Cc1ccccc1)N(CCC(NC(=O)C(CC(N)=O)NC(=O)O)C(=O)NCCNC(=O)CN1C(=O)C=CC1=O)C(=O)CO. The molecule has 0 aliphatic carbocycles. The molecule has 3 unspecified atom stereocenters. The number of aromatic nitrogens is 1. The van der Waals surface area contributed by atoms with Crippen LogP contribution in [-0.2, 0) is 40.1 Å². The molecular formula is C41H48F2N8O10. The average Bonchev–Trinajstić information content (AvgIpc) is 3.74. The second kappa shape index (κ2) is 20.8. The van der Waals surface area contributed by atoms with Crippen molar-refractivity contribution in [3.8, 4) is 11.1 Å². The first-order chi connectivity index (χ1) is 28.8. The Kier molecular flexibility index (Phi) is 16.0. The largest absolute Gasteiger partial charge is 0.465 e. The molecule has 20 heteroatoms. The monoisotopic (exact) mass is 850 g/mol. The Labute approximate surface area is 349 Å². The van der Waals surface area contributed by atoms with Gasteiger partial charge in [-0.2, -0.15) is 0 Å². The van der Waals surface area contributed by atoms with Gasteiger partial charge in [-0.15, -0.1) is 0 Å². The van der Waals surface area contributed by atoms with Crippen LogP contribution in [0.3, 0.4) is 0 Å². The fourth-order valence-corrected chi connectivity index (χ4v) is 6.77. The molecule has 2 aromatic carbocycles. The predicted octanol–water partition coefficient (Wildman–Crippen LogP) is 0.934. The van der Waals surface area contributed by atoms with Crippen molar-refractivity contribution in [2.75, 3.05) is 32.8 Å². The van der Waals surface area contributed by atoms with Crippen LogP contribution in [0.1, 0.15) is 50.9 Å². The Morgan fingerprint density at radius 3 is 2.13 bits per heavy atom. The zero-order valence-electron chi connectivity index (χ0n) is 33.7. The van der Waals surface area contributed by atoms with E-state index in [0.717, 1.165) is 35.9 Å². The van der Waals surface area contributed by atoms with E-state index >= 15 is 4.39 Å². The molecule has 0 saturated carbocycles. The maximum atomic E-state index is 15.2. The van der Waals surface area contributed by atoms with Gasteiger partial charge in [0.2, 0.25) is 29.5 Å². The Balaban J connectivity index is 1.67. The van der Waals surface area contributed by atoms with Gasteiger partial charge in [0.15, 0.2) is 0 Å². The highest BCUT2D eigenvalue weighted by atomic mass is 19.1. The first-order valence-electron chi connectivity index (χ1n) is 19.0. The number of hydrogen-bond acceptors (Lipinski definition) is 9. The van der Waals surface area contributed by atoms with Crippen molar-refractivity contribution < 1.29 is 57.4 Å². The smallest absolute Gasteiger partial charge is 0.405 e. The van der Waals surface area contributed by atoms with Crippen molar-refractivity contribution >= 4 is 47.4 Å². The number of amides is 8. The molecule has 0 radical (unpaired) electrons. The number of carboxylic acid groups (broad SMARTS) is 1. The van der Waals surface area contributed by atoms with Gasteiger partial charge in [0.25, 0.3) is 11.8 Å². The van der Waals surface area contributed by atoms with Crippen LogP contribution in [0.4, 0.5) is 13.6 Å². The van der Waals surface area contributed by atoms with Gasteiger partial charge in [0, 0.05) is 61.3 Å². The number of nitrogens with zero attached hydrogens (tertiary/aromatic N) is 3. The number of primary amides is 1. The minimum atomic E-state index is -1.73. The quantitative estimate of drug-likeness (QED) is 0.0625. The van der Waals surface area contributed by atoms with Crippen LogP contribution in [0, 0.1) is 17.0 Å². The van der Waals surface area contributed by atoms with E-state index in [9.17, 15) is 53.0 Å². The third-order valence-electron chi connectivity index (χ3n) is 9.49. The number of nitrogens with one attached hydrogen (secondary N) is 4. The van der Waals surface area contributed by atoms with Crippen LogP contribution in [0.5, 0.6) is 0 Å². The number of nitrogens with two attached hydrogens (primary N) is 1. The van der Waals surface area contributed by atoms with Gasteiger partial charge in [-0.25, -0.2) is 13.6 Å². The number of aliphatic hydroxyl groups excluding tert-OH is 1. The lowest BCUT2D eigenvalue weighted by Gasteiger charge is -2.41. The van der Waals surface area contributed by atoms with Crippen LogP contribution in [0.15, 0.2) is 72.9 Å². The molecule has 61 heavy (non-hydrogen) atoms. The van der Waals surface area contributed by atoms with Crippen LogP contribution >= 0.6 is 0 Å². The summed E-state index contributed by atoms with van der Waals surface area (Å²) in [6.45, 7) is 3.27. The number of carbonyl (C=O) groups excluding carboxylic acids is 7. The zero-order valence-corrected chi connectivity index (χ0v) is 33.7. The summed E-state index contributed by atoms with van der Waals surface area (Å²) in [4.78, 5) is 102. The first-order valence-corrected chi connectivity index (χ1v) is 19.0. The lowest BCUT2D eigenvalue weighted by Crippen LogP contribution is -2.56. The normalized spacial score (nSPS) is 13.9. The van der Waals surface area contributed by atoms with Gasteiger partial charge < -0.3 is 46.7 Å². The fourth-order valence-electron chi connectivity index (χ4n) is 6.77. The Bertz CT molecular complexity index is 2140. The zero-order chi connectivity index (χ0) is 45.0. The van der Waals surface area contributed by atoms with E-state index in [1.807, 2.05) is 35.6 Å². The molecule has 2 heterocycles. The third kappa shape index (κ3) is 13.0. The first kappa shape index (κ1) is 46.7. The Morgan fingerprint density at radius 1 is 0.869 bits per heavy atom. The van der Waals surface area contributed by atoms with E-state index in [-0.39, 0.29) is 43.7 Å². The summed E-state index contributed by atoms with van der Waals surface area (Å²) >= 11 is 0. The van der Waals surface area contributed by atoms with E-state index in [4.69, 9.17) is 5.73 Å². The van der Waals surface area contributed by atoms with Crippen molar-refractivity contribution in [2.24, 2.45) is 11.1 Å². The number of benzene rings is 2. The van der Waals surface area contributed by atoms with Crippen LogP contribution in [-0.4, -0.2) is 117 Å². The number of carbonyl (C=O) groups is 8. The standard InChI is InChI=1S/C41H48F2N8O10/c1-41(2,3)37(31-17-25(27-18-26(42)9-10-28(27)43)21-49(31)20-24-7-5-4-6-8-24)50(36(57)23-52)16-13-29(47-39(59)30(19-32(44)53)48-40(60)61)38(58)46-15-14-45-33(54)22-51-34(55)11-12-35(51)56/h4-12,17-18,21,29-30,37,48,52H,13-16,19-20,22-23H2,1-3H3,(H2,44,53)(H,45,54)(H,46,58)(H,47,59)(H,60,61). The molecule has 4 rings (SSSR count). The summed E-state index contributed by atoms with van der Waals surface area (Å²) in [5, 5.41) is 28.8. The number of hydrogen-bond donors (Lipinski definition) is 7. The predicted molar refractivity (Wildman–Crippen MR) is 214 cm³/mol. The van der Waals surface area contributed by atoms with Crippen LogP contribution in [0.25, 0.3) is 11.1 Å². The molecule has 326 valence electrons. The number of aliphatic hydroxyl groups is 1. The second-order valence-corrected chi connectivity index (χ2v) is 15.2. The summed E-state index contributed by atoms with van der Waals surface area (Å²) in [6, 6.07) is 9.58. The molecule has 8 N–H and O–H groups in total. The molecule has 18 nitrogen and oxygen atoms in total. The highest BCUT2D eigenvalue weighted by molar-refractivity contribution is 6.14. The summed E-state index contributed by atoms with van der Waals surface area (Å²) in [7, 11) is 0. The Morgan fingerprint density at radius 2 is 1.52 bits per heavy atom. The summed E-state index contributed by atoms with van der Waals surface area (Å²) in [5.41, 5.74) is 5.89. The van der Waals surface area contributed by atoms with Gasteiger partial charge in [-0.1, -0.05) is 51.1 Å². The van der Waals surface area contributed by atoms with E-state index < -0.39 is 102 Å². The number of imide groups is 1. The van der Waals surface area contributed by atoms with Gasteiger partial charge in [0.1, 0.15) is 36.9 Å². The van der Waals surface area contributed by atoms with Gasteiger partial charge in [-0.3, -0.25) is 38.5 Å². The number of halogens is 2. The molecule has 3 atom stereocenters. The van der Waals surface area contributed by atoms with Gasteiger partial charge in [0.05, 0.1) is 12.5 Å². The molecule has 0 spiro atoms. The van der Waals surface area contributed by atoms with E-state index in [0.29, 0.717) is 10.6 Å². The van der Waals surface area contributed by atoms with Crippen molar-refractivity contribution in [1.29, 1.82) is 0 Å². The van der Waals surface area contributed by atoms with Crippen molar-refractivity contribution in [3.63, 3.8) is 0 Å². The highest BCUT2D eigenvalue weighted by Gasteiger charge is 2.38. The summed E-state index contributed by atoms with van der Waals surface area (Å²) in [5.74, 6) is -7.28. The third-order valence-corrected chi connectivity index (χ3v) is 9.49. The van der Waals surface area contributed by atoms with Gasteiger partial charge >= 0.3 is 6.09 Å². The number of rotatable bonds is 20. The highest BCUT2D eigenvalue weighted by Crippen LogP contribution is 2.41. The maximum Gasteiger partial charge on any atom is 0.405 e. The Hall–Kier alpha value is -6.96. The van der Waals surface area contributed by atoms with Crippen molar-refractivity contribution in [1.82, 2.24) is 35.6 Å². The van der Waals surface area contributed by atoms with Crippen LogP contribution in [0.2, 0.25) is 0 Å². The molecule has 1 aliphatic heterocycles. The van der Waals surface area contributed by atoms with Crippen LogP contribution < -0.4 is 27.0 Å². The topological polar surface area (TPSA) is 263 Å². The lowest BCUT2D eigenvalue weighted by atomic mass is 9.82. The van der Waals surface area contributed by atoms with Crippen molar-refractivity contribution in [2.45, 2.75) is 58.3 Å². The molecule has 1 aliphatic rings. The second-order valence-electron chi connectivity index (χ2n) is 15.2. The summed E-state index contributed by atoms with van der Waals surface area (Å²) in [6.07, 6.45) is 0.824. The molecule has 0 fully saturated rings. The molecule has 0 saturated heterocycles. The van der Waals surface area contributed by atoms with E-state index in [2.05, 4.69) is 16.0 Å². The molecule has 3 aromatic rings. The average molecular weight is 851 g/mol. The fraction of sp³-hybridized carbons (Fsp3) is 0.366. The molecule has 0 bridgehead atoms.